The standard InChI is InChI=1S/C13H15BrN2S/c1-13(2,15-3)11-8-17-12(16-11)9-5-4-6-10(14)7-9/h4-8,15H,1-3H3. The zero-order chi connectivity index (χ0) is 12.5. The molecule has 1 N–H and O–H groups in total. The highest BCUT2D eigenvalue weighted by Crippen LogP contribution is 2.29. The summed E-state index contributed by atoms with van der Waals surface area (Å²) in [5.41, 5.74) is 2.16. The lowest BCUT2D eigenvalue weighted by Gasteiger charge is -2.21. The summed E-state index contributed by atoms with van der Waals surface area (Å²) >= 11 is 5.17. The lowest BCUT2D eigenvalue weighted by Crippen LogP contribution is -2.33. The van der Waals surface area contributed by atoms with Crippen LogP contribution in [0.5, 0.6) is 0 Å². The van der Waals surface area contributed by atoms with Gasteiger partial charge in [-0.05, 0) is 33.0 Å². The van der Waals surface area contributed by atoms with Gasteiger partial charge in [0.2, 0.25) is 0 Å². The number of nitrogens with one attached hydrogen (secondary N) is 1. The molecule has 0 bridgehead atoms. The average Bonchev–Trinajstić information content (AvgIpc) is 2.79. The van der Waals surface area contributed by atoms with E-state index in [-0.39, 0.29) is 5.54 Å². The highest BCUT2D eigenvalue weighted by molar-refractivity contribution is 9.10. The van der Waals surface area contributed by atoms with Crippen LogP contribution in [0.2, 0.25) is 0 Å². The molecule has 0 atom stereocenters. The van der Waals surface area contributed by atoms with Gasteiger partial charge in [0.25, 0.3) is 0 Å². The van der Waals surface area contributed by atoms with Crippen LogP contribution in [0.1, 0.15) is 19.5 Å². The Bertz CT molecular complexity index is 520. The number of benzene rings is 1. The normalized spacial score (nSPS) is 11.8. The summed E-state index contributed by atoms with van der Waals surface area (Å²) in [5, 5.41) is 6.45. The fourth-order valence-electron chi connectivity index (χ4n) is 1.44. The number of aromatic nitrogens is 1. The number of hydrogen-bond donors (Lipinski definition) is 1. The zero-order valence-electron chi connectivity index (χ0n) is 10.1. The van der Waals surface area contributed by atoms with Crippen molar-refractivity contribution >= 4 is 27.3 Å². The van der Waals surface area contributed by atoms with E-state index in [1.54, 1.807) is 11.3 Å². The number of rotatable bonds is 3. The summed E-state index contributed by atoms with van der Waals surface area (Å²) in [5.74, 6) is 0. The zero-order valence-corrected chi connectivity index (χ0v) is 12.5. The molecule has 90 valence electrons. The molecule has 0 aliphatic carbocycles. The molecule has 2 rings (SSSR count). The minimum atomic E-state index is -0.0826. The van der Waals surface area contributed by atoms with E-state index in [1.165, 1.54) is 0 Å². The van der Waals surface area contributed by atoms with Crippen molar-refractivity contribution in [2.75, 3.05) is 7.05 Å². The van der Waals surface area contributed by atoms with Gasteiger partial charge in [0, 0.05) is 15.4 Å². The van der Waals surface area contributed by atoms with E-state index in [0.717, 1.165) is 20.7 Å². The first kappa shape index (κ1) is 12.7. The summed E-state index contributed by atoms with van der Waals surface area (Å²) in [4.78, 5) is 4.70. The number of halogens is 1. The second-order valence-electron chi connectivity index (χ2n) is 4.42. The second-order valence-corrected chi connectivity index (χ2v) is 6.20. The van der Waals surface area contributed by atoms with Gasteiger partial charge in [-0.3, -0.25) is 0 Å². The summed E-state index contributed by atoms with van der Waals surface area (Å²) < 4.78 is 1.08. The SMILES string of the molecule is CNC(C)(C)c1csc(-c2cccc(Br)c2)n1. The smallest absolute Gasteiger partial charge is 0.123 e. The Hall–Kier alpha value is -0.710. The lowest BCUT2D eigenvalue weighted by atomic mass is 10.0. The predicted molar refractivity (Wildman–Crippen MR) is 77.3 cm³/mol. The van der Waals surface area contributed by atoms with Gasteiger partial charge in [-0.25, -0.2) is 4.98 Å². The number of hydrogen-bond acceptors (Lipinski definition) is 3. The number of nitrogens with zero attached hydrogens (tertiary/aromatic N) is 1. The van der Waals surface area contributed by atoms with Crippen molar-refractivity contribution in [1.29, 1.82) is 0 Å². The van der Waals surface area contributed by atoms with Crippen molar-refractivity contribution in [3.05, 3.63) is 39.8 Å². The third kappa shape index (κ3) is 2.76. The molecule has 2 nitrogen and oxygen atoms in total. The Kier molecular flexibility index (Phi) is 3.66. The highest BCUT2D eigenvalue weighted by Gasteiger charge is 2.21. The van der Waals surface area contributed by atoms with Crippen molar-refractivity contribution in [3.63, 3.8) is 0 Å². The molecular weight excluding hydrogens is 296 g/mol. The Balaban J connectivity index is 2.36. The molecule has 0 aliphatic rings. The van der Waals surface area contributed by atoms with Crippen LogP contribution in [-0.4, -0.2) is 12.0 Å². The first-order valence-electron chi connectivity index (χ1n) is 5.44. The molecule has 2 aromatic rings. The van der Waals surface area contributed by atoms with E-state index in [2.05, 4.69) is 52.6 Å². The molecule has 0 aliphatic heterocycles. The molecule has 4 heteroatoms. The minimum Gasteiger partial charge on any atom is -0.310 e. The van der Waals surface area contributed by atoms with Crippen molar-refractivity contribution in [2.45, 2.75) is 19.4 Å². The van der Waals surface area contributed by atoms with Crippen molar-refractivity contribution in [3.8, 4) is 10.6 Å². The fraction of sp³-hybridized carbons (Fsp3) is 0.308. The predicted octanol–water partition coefficient (Wildman–Crippen LogP) is 4.03. The monoisotopic (exact) mass is 310 g/mol. The van der Waals surface area contributed by atoms with Gasteiger partial charge in [-0.15, -0.1) is 11.3 Å². The molecular formula is C13H15BrN2S. The van der Waals surface area contributed by atoms with E-state index in [1.807, 2.05) is 19.2 Å². The van der Waals surface area contributed by atoms with E-state index >= 15 is 0 Å². The van der Waals surface area contributed by atoms with E-state index < -0.39 is 0 Å². The van der Waals surface area contributed by atoms with Crippen LogP contribution >= 0.6 is 27.3 Å². The van der Waals surface area contributed by atoms with Crippen LogP contribution in [0, 0.1) is 0 Å². The van der Waals surface area contributed by atoms with Gasteiger partial charge in [0.05, 0.1) is 11.2 Å². The molecule has 0 fully saturated rings. The van der Waals surface area contributed by atoms with Crippen LogP contribution in [0.25, 0.3) is 10.6 Å². The van der Waals surface area contributed by atoms with Gasteiger partial charge >= 0.3 is 0 Å². The molecule has 0 saturated carbocycles. The first-order chi connectivity index (χ1) is 8.03. The molecule has 17 heavy (non-hydrogen) atoms. The largest absolute Gasteiger partial charge is 0.310 e. The first-order valence-corrected chi connectivity index (χ1v) is 7.11. The molecule has 1 aromatic carbocycles. The van der Waals surface area contributed by atoms with Crippen LogP contribution in [-0.2, 0) is 5.54 Å². The third-order valence-electron chi connectivity index (χ3n) is 2.84. The van der Waals surface area contributed by atoms with E-state index in [0.29, 0.717) is 0 Å². The molecule has 1 heterocycles. The van der Waals surface area contributed by atoms with Crippen LogP contribution in [0.4, 0.5) is 0 Å². The Morgan fingerprint density at radius 2 is 2.12 bits per heavy atom. The Morgan fingerprint density at radius 1 is 1.35 bits per heavy atom. The minimum absolute atomic E-state index is 0.0826. The van der Waals surface area contributed by atoms with Crippen molar-refractivity contribution < 1.29 is 0 Å². The van der Waals surface area contributed by atoms with E-state index in [9.17, 15) is 0 Å². The highest BCUT2D eigenvalue weighted by atomic mass is 79.9. The number of thiazole rings is 1. The van der Waals surface area contributed by atoms with E-state index in [4.69, 9.17) is 4.98 Å². The van der Waals surface area contributed by atoms with Gasteiger partial charge in [0.15, 0.2) is 0 Å². The molecule has 0 saturated heterocycles. The van der Waals surface area contributed by atoms with Crippen LogP contribution < -0.4 is 5.32 Å². The summed E-state index contributed by atoms with van der Waals surface area (Å²) in [6.07, 6.45) is 0. The summed E-state index contributed by atoms with van der Waals surface area (Å²) in [6, 6.07) is 8.23. The van der Waals surface area contributed by atoms with Gasteiger partial charge < -0.3 is 5.32 Å². The Labute approximate surface area is 114 Å². The average molecular weight is 311 g/mol. The van der Waals surface area contributed by atoms with Crippen molar-refractivity contribution in [1.82, 2.24) is 10.3 Å². The molecule has 1 aromatic heterocycles. The quantitative estimate of drug-likeness (QED) is 0.926. The van der Waals surface area contributed by atoms with Gasteiger partial charge in [-0.2, -0.15) is 0 Å². The van der Waals surface area contributed by atoms with Gasteiger partial charge in [0.1, 0.15) is 5.01 Å². The fourth-order valence-corrected chi connectivity index (χ4v) is 2.83. The third-order valence-corrected chi connectivity index (χ3v) is 4.23. The van der Waals surface area contributed by atoms with Gasteiger partial charge in [-0.1, -0.05) is 28.1 Å². The maximum Gasteiger partial charge on any atom is 0.123 e. The topological polar surface area (TPSA) is 24.9 Å². The maximum atomic E-state index is 4.70. The lowest BCUT2D eigenvalue weighted by molar-refractivity contribution is 0.434. The van der Waals surface area contributed by atoms with Crippen LogP contribution in [0.3, 0.4) is 0 Å². The summed E-state index contributed by atoms with van der Waals surface area (Å²) in [6.45, 7) is 4.26. The molecule has 0 radical (unpaired) electrons. The van der Waals surface area contributed by atoms with Crippen LogP contribution in [0.15, 0.2) is 34.1 Å². The molecule has 0 amide bonds. The molecule has 0 spiro atoms. The maximum absolute atomic E-state index is 4.70. The molecule has 0 unspecified atom stereocenters. The second kappa shape index (κ2) is 4.88. The summed E-state index contributed by atoms with van der Waals surface area (Å²) in [7, 11) is 1.96. The van der Waals surface area contributed by atoms with Crippen molar-refractivity contribution in [2.24, 2.45) is 0 Å². The Morgan fingerprint density at radius 3 is 2.76 bits per heavy atom.